The number of hydrogen-bond acceptors (Lipinski definition) is 5. The summed E-state index contributed by atoms with van der Waals surface area (Å²) in [7, 11) is 0. The zero-order valence-corrected chi connectivity index (χ0v) is 16.4. The Morgan fingerprint density at radius 3 is 2.77 bits per heavy atom. The van der Waals surface area contributed by atoms with Gasteiger partial charge in [-0.15, -0.1) is 0 Å². The lowest BCUT2D eigenvalue weighted by Gasteiger charge is -2.32. The van der Waals surface area contributed by atoms with Crippen LogP contribution in [0.5, 0.6) is 0 Å². The number of anilines is 1. The fourth-order valence-electron chi connectivity index (χ4n) is 3.77. The molecule has 0 spiro atoms. The van der Waals surface area contributed by atoms with Crippen molar-refractivity contribution < 1.29 is 14.3 Å². The van der Waals surface area contributed by atoms with E-state index in [1.165, 1.54) is 4.90 Å². The van der Waals surface area contributed by atoms with Crippen LogP contribution >= 0.6 is 0 Å². The Morgan fingerprint density at radius 2 is 2.12 bits per heavy atom. The maximum atomic E-state index is 12.7. The van der Waals surface area contributed by atoms with E-state index >= 15 is 0 Å². The summed E-state index contributed by atoms with van der Waals surface area (Å²) in [6.07, 6.45) is 3.58. The number of Topliss-reactive ketones (excluding diaryl/α,β-unsaturated/α-hetero) is 1. The van der Waals surface area contributed by atoms with E-state index in [1.807, 2.05) is 33.0 Å². The molecule has 3 rings (SSSR count). The number of hydrogen-bond donors (Lipinski definition) is 0. The number of nitrogens with zero attached hydrogens (tertiary/aromatic N) is 3. The molecule has 26 heavy (non-hydrogen) atoms. The van der Waals surface area contributed by atoms with Crippen molar-refractivity contribution in [3.63, 3.8) is 0 Å². The number of likely N-dealkylation sites (N-methyl/N-ethyl adjacent to an activating group) is 1. The molecule has 3 heterocycles. The molecular formula is C20H29N3O3. The summed E-state index contributed by atoms with van der Waals surface area (Å²) in [4.78, 5) is 33.5. The molecule has 1 unspecified atom stereocenters. The molecule has 0 aliphatic carbocycles. The van der Waals surface area contributed by atoms with Gasteiger partial charge in [-0.2, -0.15) is 0 Å². The van der Waals surface area contributed by atoms with E-state index in [0.717, 1.165) is 38.0 Å². The highest BCUT2D eigenvalue weighted by Gasteiger charge is 2.41. The monoisotopic (exact) mass is 359 g/mol. The minimum Gasteiger partial charge on any atom is -0.443 e. The number of fused-ring (bicyclic) bond motifs is 1. The molecule has 2 aliphatic rings. The first-order valence-corrected chi connectivity index (χ1v) is 9.50. The van der Waals surface area contributed by atoms with E-state index in [1.54, 1.807) is 6.92 Å². The number of rotatable bonds is 2. The number of ketones is 1. The van der Waals surface area contributed by atoms with Gasteiger partial charge in [-0.1, -0.05) is 6.92 Å². The maximum absolute atomic E-state index is 12.7. The summed E-state index contributed by atoms with van der Waals surface area (Å²) in [5.74, 6) is 0.254. The molecular weight excluding hydrogens is 330 g/mol. The Bertz CT molecular complexity index is 711. The number of piperidine rings is 1. The van der Waals surface area contributed by atoms with Crippen LogP contribution in [0.25, 0.3) is 0 Å². The molecule has 0 aromatic carbocycles. The molecule has 1 saturated heterocycles. The van der Waals surface area contributed by atoms with Crippen molar-refractivity contribution in [2.45, 2.75) is 65.0 Å². The topological polar surface area (TPSA) is 62.7 Å². The quantitative estimate of drug-likeness (QED) is 0.807. The van der Waals surface area contributed by atoms with Crippen molar-refractivity contribution in [1.82, 2.24) is 9.88 Å². The summed E-state index contributed by atoms with van der Waals surface area (Å²) >= 11 is 0. The van der Waals surface area contributed by atoms with Gasteiger partial charge < -0.3 is 9.64 Å². The summed E-state index contributed by atoms with van der Waals surface area (Å²) in [5.41, 5.74) is 1.44. The SMILES string of the molecule is CCN1CCCC(c2cnc3c(c2)N(C(=O)OC(C)(C)C)[C@@H](C)C3=O)C1. The van der Waals surface area contributed by atoms with Crippen LogP contribution in [-0.4, -0.2) is 53.0 Å². The second kappa shape index (κ2) is 6.99. The van der Waals surface area contributed by atoms with Gasteiger partial charge in [0.2, 0.25) is 5.78 Å². The van der Waals surface area contributed by atoms with Crippen molar-refractivity contribution in [3.8, 4) is 0 Å². The van der Waals surface area contributed by atoms with Gasteiger partial charge in [0.1, 0.15) is 17.3 Å². The van der Waals surface area contributed by atoms with Crippen LogP contribution in [0.4, 0.5) is 10.5 Å². The average molecular weight is 359 g/mol. The van der Waals surface area contributed by atoms with Crippen LogP contribution < -0.4 is 4.90 Å². The van der Waals surface area contributed by atoms with Crippen LogP contribution in [0, 0.1) is 0 Å². The summed E-state index contributed by atoms with van der Waals surface area (Å²) in [6.45, 7) is 12.5. The van der Waals surface area contributed by atoms with E-state index in [9.17, 15) is 9.59 Å². The van der Waals surface area contributed by atoms with Gasteiger partial charge in [0.25, 0.3) is 0 Å². The normalized spacial score (nSPS) is 23.9. The van der Waals surface area contributed by atoms with E-state index in [4.69, 9.17) is 4.74 Å². The Hall–Kier alpha value is -1.95. The van der Waals surface area contributed by atoms with Gasteiger partial charge in [-0.3, -0.25) is 14.7 Å². The second-order valence-electron chi connectivity index (χ2n) is 8.26. The van der Waals surface area contributed by atoms with Crippen molar-refractivity contribution in [2.24, 2.45) is 0 Å². The second-order valence-corrected chi connectivity index (χ2v) is 8.26. The van der Waals surface area contributed by atoms with Gasteiger partial charge in [0, 0.05) is 12.7 Å². The first kappa shape index (κ1) is 18.8. The molecule has 0 N–H and O–H groups in total. The Labute approximate surface area is 155 Å². The zero-order chi connectivity index (χ0) is 19.1. The minimum absolute atomic E-state index is 0.128. The number of carbonyl (C=O) groups excluding carboxylic acids is 2. The van der Waals surface area contributed by atoms with Crippen LogP contribution in [0.3, 0.4) is 0 Å². The van der Waals surface area contributed by atoms with Gasteiger partial charge >= 0.3 is 6.09 Å². The molecule has 0 bridgehead atoms. The Morgan fingerprint density at radius 1 is 1.38 bits per heavy atom. The van der Waals surface area contributed by atoms with Crippen molar-refractivity contribution in [1.29, 1.82) is 0 Å². The van der Waals surface area contributed by atoms with Crippen LogP contribution in [-0.2, 0) is 4.74 Å². The van der Waals surface area contributed by atoms with E-state index in [-0.39, 0.29) is 5.78 Å². The highest BCUT2D eigenvalue weighted by molar-refractivity contribution is 6.15. The van der Waals surface area contributed by atoms with Crippen molar-refractivity contribution in [3.05, 3.63) is 23.5 Å². The molecule has 6 heteroatoms. The lowest BCUT2D eigenvalue weighted by Crippen LogP contribution is -2.41. The summed E-state index contributed by atoms with van der Waals surface area (Å²) < 4.78 is 5.52. The lowest BCUT2D eigenvalue weighted by atomic mass is 9.91. The van der Waals surface area contributed by atoms with Crippen LogP contribution in [0.15, 0.2) is 12.3 Å². The van der Waals surface area contributed by atoms with Crippen LogP contribution in [0.1, 0.15) is 69.4 Å². The summed E-state index contributed by atoms with van der Waals surface area (Å²) in [6, 6.07) is 1.39. The third kappa shape index (κ3) is 3.61. The average Bonchev–Trinajstić information content (AvgIpc) is 2.84. The minimum atomic E-state index is -0.612. The number of likely N-dealkylation sites (tertiary alicyclic amines) is 1. The molecule has 1 aromatic heterocycles. The predicted molar refractivity (Wildman–Crippen MR) is 101 cm³/mol. The third-order valence-corrected chi connectivity index (χ3v) is 5.16. The molecule has 6 nitrogen and oxygen atoms in total. The first-order valence-electron chi connectivity index (χ1n) is 9.50. The smallest absolute Gasteiger partial charge is 0.415 e. The van der Waals surface area contributed by atoms with Crippen molar-refractivity contribution >= 4 is 17.6 Å². The van der Waals surface area contributed by atoms with E-state index in [0.29, 0.717) is 17.3 Å². The Balaban J connectivity index is 1.91. The number of carbonyl (C=O) groups is 2. The fourth-order valence-corrected chi connectivity index (χ4v) is 3.77. The molecule has 1 aromatic rings. The summed E-state index contributed by atoms with van der Waals surface area (Å²) in [5, 5.41) is 0. The number of amides is 1. The fraction of sp³-hybridized carbons (Fsp3) is 0.650. The Kier molecular flexibility index (Phi) is 5.06. The first-order chi connectivity index (χ1) is 12.2. The van der Waals surface area contributed by atoms with Gasteiger partial charge in [0.15, 0.2) is 0 Å². The van der Waals surface area contributed by atoms with Crippen LogP contribution in [0.2, 0.25) is 0 Å². The number of pyridine rings is 1. The van der Waals surface area contributed by atoms with Gasteiger partial charge in [-0.25, -0.2) is 4.79 Å². The maximum Gasteiger partial charge on any atom is 0.415 e. The largest absolute Gasteiger partial charge is 0.443 e. The molecule has 1 fully saturated rings. The molecule has 142 valence electrons. The lowest BCUT2D eigenvalue weighted by molar-refractivity contribution is 0.0564. The van der Waals surface area contributed by atoms with Crippen molar-refractivity contribution in [2.75, 3.05) is 24.5 Å². The third-order valence-electron chi connectivity index (χ3n) is 5.16. The standard InChI is InChI=1S/C20H29N3O3/c1-6-22-9-7-8-14(12-22)15-10-16-17(21-11-15)18(24)13(2)23(16)19(25)26-20(3,4)5/h10-11,13-14H,6-9,12H2,1-5H3/t13-,14?/m0/s1. The van der Waals surface area contributed by atoms with Gasteiger partial charge in [-0.05, 0) is 71.2 Å². The molecule has 2 atom stereocenters. The number of aromatic nitrogens is 1. The van der Waals surface area contributed by atoms with Gasteiger partial charge in [0.05, 0.1) is 5.69 Å². The highest BCUT2D eigenvalue weighted by atomic mass is 16.6. The highest BCUT2D eigenvalue weighted by Crippen LogP contribution is 2.36. The number of ether oxygens (including phenoxy) is 1. The molecule has 0 radical (unpaired) electrons. The zero-order valence-electron chi connectivity index (χ0n) is 16.4. The van der Waals surface area contributed by atoms with E-state index < -0.39 is 17.7 Å². The molecule has 2 aliphatic heterocycles. The molecule has 0 saturated carbocycles. The molecule has 1 amide bonds. The van der Waals surface area contributed by atoms with E-state index in [2.05, 4.69) is 16.8 Å². The predicted octanol–water partition coefficient (Wildman–Crippen LogP) is 3.61.